The van der Waals surface area contributed by atoms with Gasteiger partial charge in [-0.3, -0.25) is 9.36 Å². The highest BCUT2D eigenvalue weighted by atomic mass is 32.2. The molecule has 0 radical (unpaired) electrons. The van der Waals surface area contributed by atoms with E-state index in [1.807, 2.05) is 24.3 Å². The second-order valence-electron chi connectivity index (χ2n) is 7.88. The van der Waals surface area contributed by atoms with Gasteiger partial charge >= 0.3 is 0 Å². The monoisotopic (exact) mass is 392 g/mol. The average molecular weight is 393 g/mol. The van der Waals surface area contributed by atoms with E-state index >= 15 is 0 Å². The van der Waals surface area contributed by atoms with Gasteiger partial charge in [0.15, 0.2) is 10.9 Å². The third kappa shape index (κ3) is 3.20. The van der Waals surface area contributed by atoms with Gasteiger partial charge in [0, 0.05) is 34.6 Å². The topological polar surface area (TPSA) is 52.7 Å². The molecule has 0 aliphatic heterocycles. The zero-order valence-electron chi connectivity index (χ0n) is 16.3. The Morgan fingerprint density at radius 3 is 2.54 bits per heavy atom. The van der Waals surface area contributed by atoms with Crippen molar-refractivity contribution in [2.45, 2.75) is 56.6 Å². The summed E-state index contributed by atoms with van der Waals surface area (Å²) in [5, 5.41) is 9.67. The lowest BCUT2D eigenvalue weighted by Gasteiger charge is -2.10. The minimum absolute atomic E-state index is 0.167. The number of para-hydroxylation sites is 1. The van der Waals surface area contributed by atoms with Crippen LogP contribution in [0, 0.1) is 13.8 Å². The van der Waals surface area contributed by atoms with Crippen molar-refractivity contribution >= 4 is 17.5 Å². The molecule has 0 amide bonds. The molecule has 6 heteroatoms. The Bertz CT molecular complexity index is 1030. The molecule has 28 heavy (non-hydrogen) atoms. The van der Waals surface area contributed by atoms with Crippen molar-refractivity contribution in [3.8, 4) is 5.69 Å². The average Bonchev–Trinajstić information content (AvgIpc) is 3.64. The third-order valence-corrected chi connectivity index (χ3v) is 6.57. The first kappa shape index (κ1) is 17.7. The molecule has 5 rings (SSSR count). The maximum absolute atomic E-state index is 13.0. The number of ketones is 1. The van der Waals surface area contributed by atoms with Crippen LogP contribution in [0.4, 0.5) is 0 Å². The fraction of sp³-hybridized carbons (Fsp3) is 0.409. The standard InChI is InChI=1S/C22H24N4OS/c1-14-12-19(15(2)25(14)18-10-11-18)20(27)13-28-22-24-23-21(16-8-9-16)26(22)17-6-4-3-5-7-17/h3-7,12,16,18H,8-11,13H2,1-2H3. The van der Waals surface area contributed by atoms with E-state index in [0.717, 1.165) is 27.9 Å². The number of aromatic nitrogens is 4. The summed E-state index contributed by atoms with van der Waals surface area (Å²) < 4.78 is 4.46. The first-order valence-electron chi connectivity index (χ1n) is 9.98. The Labute approximate surface area is 169 Å². The normalized spacial score (nSPS) is 16.5. The zero-order chi connectivity index (χ0) is 19.3. The van der Waals surface area contributed by atoms with Crippen LogP contribution in [0.25, 0.3) is 5.69 Å². The van der Waals surface area contributed by atoms with Gasteiger partial charge in [-0.15, -0.1) is 10.2 Å². The van der Waals surface area contributed by atoms with Crippen LogP contribution >= 0.6 is 11.8 Å². The van der Waals surface area contributed by atoms with Crippen molar-refractivity contribution in [1.82, 2.24) is 19.3 Å². The van der Waals surface area contributed by atoms with Crippen LogP contribution in [-0.4, -0.2) is 30.9 Å². The number of thioether (sulfide) groups is 1. The smallest absolute Gasteiger partial charge is 0.196 e. The van der Waals surface area contributed by atoms with Crippen molar-refractivity contribution in [3.05, 3.63) is 59.2 Å². The molecule has 0 N–H and O–H groups in total. The number of nitrogens with zero attached hydrogens (tertiary/aromatic N) is 4. The number of hydrogen-bond acceptors (Lipinski definition) is 4. The fourth-order valence-electron chi connectivity index (χ4n) is 3.96. The van der Waals surface area contributed by atoms with Gasteiger partial charge in [-0.05, 0) is 57.7 Å². The van der Waals surface area contributed by atoms with Gasteiger partial charge in [0.25, 0.3) is 0 Å². The molecular formula is C22H24N4OS. The molecule has 2 aliphatic carbocycles. The summed E-state index contributed by atoms with van der Waals surface area (Å²) in [6, 6.07) is 12.9. The first-order chi connectivity index (χ1) is 13.6. The minimum atomic E-state index is 0.167. The van der Waals surface area contributed by atoms with Crippen LogP contribution < -0.4 is 0 Å². The molecule has 1 aromatic carbocycles. The molecule has 2 aliphatic rings. The van der Waals surface area contributed by atoms with E-state index in [-0.39, 0.29) is 5.78 Å². The lowest BCUT2D eigenvalue weighted by molar-refractivity contribution is 0.102. The lowest BCUT2D eigenvalue weighted by Crippen LogP contribution is -2.07. The largest absolute Gasteiger partial charge is 0.345 e. The summed E-state index contributed by atoms with van der Waals surface area (Å²) in [6.07, 6.45) is 4.79. The molecular weight excluding hydrogens is 368 g/mol. The predicted molar refractivity (Wildman–Crippen MR) is 111 cm³/mol. The number of aryl methyl sites for hydroxylation is 1. The minimum Gasteiger partial charge on any atom is -0.345 e. The molecule has 2 fully saturated rings. The highest BCUT2D eigenvalue weighted by Crippen LogP contribution is 2.41. The third-order valence-electron chi connectivity index (χ3n) is 5.64. The fourth-order valence-corrected chi connectivity index (χ4v) is 4.80. The van der Waals surface area contributed by atoms with Crippen molar-refractivity contribution in [1.29, 1.82) is 0 Å². The van der Waals surface area contributed by atoms with Crippen LogP contribution in [0.5, 0.6) is 0 Å². The summed E-state index contributed by atoms with van der Waals surface area (Å²) in [4.78, 5) is 13.0. The molecule has 0 spiro atoms. The summed E-state index contributed by atoms with van der Waals surface area (Å²) in [7, 11) is 0. The molecule has 0 atom stereocenters. The van der Waals surface area contributed by atoms with E-state index in [4.69, 9.17) is 0 Å². The lowest BCUT2D eigenvalue weighted by atomic mass is 10.2. The summed E-state index contributed by atoms with van der Waals surface area (Å²) in [5.41, 5.74) is 4.21. The quantitative estimate of drug-likeness (QED) is 0.425. The second-order valence-corrected chi connectivity index (χ2v) is 8.83. The Morgan fingerprint density at radius 2 is 1.86 bits per heavy atom. The number of benzene rings is 1. The van der Waals surface area contributed by atoms with E-state index in [0.29, 0.717) is 17.7 Å². The SMILES string of the molecule is Cc1cc(C(=O)CSc2nnc(C3CC3)n2-c2ccccc2)c(C)n1C1CC1. The predicted octanol–water partition coefficient (Wildman–Crippen LogP) is 4.87. The molecule has 0 bridgehead atoms. The molecule has 2 aromatic heterocycles. The highest BCUT2D eigenvalue weighted by molar-refractivity contribution is 7.99. The Hall–Kier alpha value is -2.34. The van der Waals surface area contributed by atoms with E-state index in [1.54, 1.807) is 0 Å². The second kappa shape index (κ2) is 6.92. The van der Waals surface area contributed by atoms with Gasteiger partial charge in [0.05, 0.1) is 5.75 Å². The van der Waals surface area contributed by atoms with Crippen molar-refractivity contribution in [3.63, 3.8) is 0 Å². The van der Waals surface area contributed by atoms with Gasteiger partial charge in [-0.25, -0.2) is 0 Å². The van der Waals surface area contributed by atoms with Crippen molar-refractivity contribution < 1.29 is 4.79 Å². The number of rotatable bonds is 7. The van der Waals surface area contributed by atoms with Crippen LogP contribution in [0.2, 0.25) is 0 Å². The first-order valence-corrected chi connectivity index (χ1v) is 11.0. The van der Waals surface area contributed by atoms with Gasteiger partial charge in [0.2, 0.25) is 0 Å². The van der Waals surface area contributed by atoms with Crippen molar-refractivity contribution in [2.24, 2.45) is 0 Å². The molecule has 2 saturated carbocycles. The highest BCUT2D eigenvalue weighted by Gasteiger charge is 2.31. The number of hydrogen-bond donors (Lipinski definition) is 0. The summed E-state index contributed by atoms with van der Waals surface area (Å²) >= 11 is 1.49. The maximum Gasteiger partial charge on any atom is 0.196 e. The van der Waals surface area contributed by atoms with Crippen LogP contribution in [-0.2, 0) is 0 Å². The van der Waals surface area contributed by atoms with Crippen LogP contribution in [0.15, 0.2) is 41.6 Å². The zero-order valence-corrected chi connectivity index (χ0v) is 17.1. The number of Topliss-reactive ketones (excluding diaryl/α,β-unsaturated/α-hetero) is 1. The van der Waals surface area contributed by atoms with Gasteiger partial charge < -0.3 is 4.57 Å². The summed E-state index contributed by atoms with van der Waals surface area (Å²) in [5.74, 6) is 2.06. The molecule has 0 saturated heterocycles. The van der Waals surface area contributed by atoms with E-state index in [1.165, 1.54) is 43.1 Å². The number of carbonyl (C=O) groups excluding carboxylic acids is 1. The van der Waals surface area contributed by atoms with Crippen molar-refractivity contribution in [2.75, 3.05) is 5.75 Å². The van der Waals surface area contributed by atoms with E-state index in [9.17, 15) is 4.79 Å². The van der Waals surface area contributed by atoms with Gasteiger partial charge in [-0.2, -0.15) is 0 Å². The van der Waals surface area contributed by atoms with Gasteiger partial charge in [-0.1, -0.05) is 30.0 Å². The molecule has 0 unspecified atom stereocenters. The molecule has 3 aromatic rings. The molecule has 5 nitrogen and oxygen atoms in total. The molecule has 2 heterocycles. The summed E-state index contributed by atoms with van der Waals surface area (Å²) in [6.45, 7) is 4.17. The Balaban J connectivity index is 1.39. The van der Waals surface area contributed by atoms with Gasteiger partial charge in [0.1, 0.15) is 5.82 Å². The van der Waals surface area contributed by atoms with Crippen LogP contribution in [0.3, 0.4) is 0 Å². The molecule has 144 valence electrons. The Kier molecular flexibility index (Phi) is 4.38. The van der Waals surface area contributed by atoms with E-state index < -0.39 is 0 Å². The maximum atomic E-state index is 13.0. The number of carbonyl (C=O) groups is 1. The van der Waals surface area contributed by atoms with Crippen LogP contribution in [0.1, 0.15) is 65.2 Å². The Morgan fingerprint density at radius 1 is 1.11 bits per heavy atom. The van der Waals surface area contributed by atoms with E-state index in [2.05, 4.69) is 45.3 Å².